The van der Waals surface area contributed by atoms with Crippen molar-refractivity contribution < 1.29 is 9.90 Å². The Morgan fingerprint density at radius 3 is 2.64 bits per heavy atom. The Bertz CT molecular complexity index is 323. The molecule has 0 saturated carbocycles. The molecule has 0 spiro atoms. The molecule has 0 aliphatic carbocycles. The third-order valence-electron chi connectivity index (χ3n) is 2.60. The van der Waals surface area contributed by atoms with Crippen LogP contribution in [0, 0.1) is 5.92 Å². The molecule has 3 nitrogen and oxygen atoms in total. The van der Waals surface area contributed by atoms with E-state index < -0.39 is 0 Å². The Kier molecular flexibility index (Phi) is 2.50. The van der Waals surface area contributed by atoms with E-state index in [9.17, 15) is 4.79 Å². The van der Waals surface area contributed by atoms with Crippen LogP contribution in [0.3, 0.4) is 0 Å². The molecule has 1 aromatic carbocycles. The van der Waals surface area contributed by atoms with E-state index >= 15 is 0 Å². The number of anilines is 1. The summed E-state index contributed by atoms with van der Waals surface area (Å²) >= 11 is 0. The summed E-state index contributed by atoms with van der Waals surface area (Å²) in [5.74, 6) is -0.158. The molecule has 1 aliphatic heterocycles. The van der Waals surface area contributed by atoms with Gasteiger partial charge in [0.25, 0.3) is 0 Å². The van der Waals surface area contributed by atoms with Gasteiger partial charge in [-0.2, -0.15) is 0 Å². The van der Waals surface area contributed by atoms with Crippen molar-refractivity contribution in [3.05, 3.63) is 30.3 Å². The molecule has 0 radical (unpaired) electrons. The molecule has 0 bridgehead atoms. The maximum absolute atomic E-state index is 11.7. The van der Waals surface area contributed by atoms with Crippen LogP contribution in [0.4, 0.5) is 5.69 Å². The predicted octanol–water partition coefficient (Wildman–Crippen LogP) is 1.03. The lowest BCUT2D eigenvalue weighted by molar-refractivity contribution is -0.121. The number of carbonyl (C=O) groups excluding carboxylic acids is 1. The van der Waals surface area contributed by atoms with E-state index in [1.165, 1.54) is 0 Å². The largest absolute Gasteiger partial charge is 0.396 e. The number of amides is 1. The molecule has 1 unspecified atom stereocenters. The SMILES string of the molecule is O=C1C(CO)CCN1c1ccccc1. The second-order valence-corrected chi connectivity index (χ2v) is 3.49. The van der Waals surface area contributed by atoms with Crippen molar-refractivity contribution in [3.63, 3.8) is 0 Å². The maximum atomic E-state index is 11.7. The van der Waals surface area contributed by atoms with E-state index in [1.54, 1.807) is 4.90 Å². The van der Waals surface area contributed by atoms with Gasteiger partial charge in [-0.15, -0.1) is 0 Å². The summed E-state index contributed by atoms with van der Waals surface area (Å²) < 4.78 is 0. The first-order valence-corrected chi connectivity index (χ1v) is 4.80. The molecule has 1 amide bonds. The van der Waals surface area contributed by atoms with Gasteiger partial charge in [-0.25, -0.2) is 0 Å². The number of hydrogen-bond acceptors (Lipinski definition) is 2. The lowest BCUT2D eigenvalue weighted by atomic mass is 10.1. The third-order valence-corrected chi connectivity index (χ3v) is 2.60. The van der Waals surface area contributed by atoms with Gasteiger partial charge in [0.1, 0.15) is 0 Å². The van der Waals surface area contributed by atoms with Gasteiger partial charge in [0.2, 0.25) is 5.91 Å². The zero-order valence-electron chi connectivity index (χ0n) is 7.89. The zero-order valence-corrected chi connectivity index (χ0v) is 7.89. The molecule has 1 aliphatic rings. The van der Waals surface area contributed by atoms with Crippen LogP contribution in [0.5, 0.6) is 0 Å². The topological polar surface area (TPSA) is 40.5 Å². The number of aliphatic hydroxyl groups excluding tert-OH is 1. The van der Waals surface area contributed by atoms with E-state index in [0.29, 0.717) is 6.54 Å². The summed E-state index contributed by atoms with van der Waals surface area (Å²) in [6.45, 7) is 0.677. The Morgan fingerprint density at radius 2 is 2.07 bits per heavy atom. The van der Waals surface area contributed by atoms with Gasteiger partial charge in [-0.3, -0.25) is 4.79 Å². The molecule has 1 N–H and O–H groups in total. The van der Waals surface area contributed by atoms with Crippen molar-refractivity contribution in [2.45, 2.75) is 6.42 Å². The summed E-state index contributed by atoms with van der Waals surface area (Å²) in [6.07, 6.45) is 0.754. The minimum atomic E-state index is -0.199. The highest BCUT2D eigenvalue weighted by Gasteiger charge is 2.31. The number of aliphatic hydroxyl groups is 1. The number of carbonyl (C=O) groups is 1. The second-order valence-electron chi connectivity index (χ2n) is 3.49. The highest BCUT2D eigenvalue weighted by Crippen LogP contribution is 2.24. The second kappa shape index (κ2) is 3.80. The first kappa shape index (κ1) is 9.21. The average molecular weight is 191 g/mol. The van der Waals surface area contributed by atoms with Gasteiger partial charge < -0.3 is 10.0 Å². The van der Waals surface area contributed by atoms with Gasteiger partial charge in [0.15, 0.2) is 0 Å². The number of para-hydroxylation sites is 1. The molecule has 1 saturated heterocycles. The number of rotatable bonds is 2. The lowest BCUT2D eigenvalue weighted by Crippen LogP contribution is -2.27. The van der Waals surface area contributed by atoms with Gasteiger partial charge in [0.05, 0.1) is 12.5 Å². The first-order valence-electron chi connectivity index (χ1n) is 4.80. The van der Waals surface area contributed by atoms with E-state index in [4.69, 9.17) is 5.11 Å². The fraction of sp³-hybridized carbons (Fsp3) is 0.364. The van der Waals surface area contributed by atoms with Crippen molar-refractivity contribution in [2.75, 3.05) is 18.1 Å². The molecule has 3 heteroatoms. The number of nitrogens with zero attached hydrogens (tertiary/aromatic N) is 1. The van der Waals surface area contributed by atoms with Gasteiger partial charge in [0, 0.05) is 12.2 Å². The molecule has 1 atom stereocenters. The molecular weight excluding hydrogens is 178 g/mol. The Labute approximate surface area is 83.0 Å². The molecule has 74 valence electrons. The van der Waals surface area contributed by atoms with Crippen LogP contribution in [0.1, 0.15) is 6.42 Å². The lowest BCUT2D eigenvalue weighted by Gasteiger charge is -2.15. The van der Waals surface area contributed by atoms with E-state index in [-0.39, 0.29) is 18.4 Å². The van der Waals surface area contributed by atoms with E-state index in [0.717, 1.165) is 12.1 Å². The molecule has 0 aromatic heterocycles. The van der Waals surface area contributed by atoms with Crippen LogP contribution in [0.25, 0.3) is 0 Å². The maximum Gasteiger partial charge on any atom is 0.232 e. The molecule has 1 fully saturated rings. The van der Waals surface area contributed by atoms with Crippen molar-refractivity contribution in [1.82, 2.24) is 0 Å². The molecular formula is C11H13NO2. The summed E-state index contributed by atoms with van der Waals surface area (Å²) in [5.41, 5.74) is 0.924. The molecule has 2 rings (SSSR count). The van der Waals surface area contributed by atoms with E-state index in [1.807, 2.05) is 30.3 Å². The predicted molar refractivity (Wildman–Crippen MR) is 54.0 cm³/mol. The summed E-state index contributed by atoms with van der Waals surface area (Å²) in [4.78, 5) is 13.4. The summed E-state index contributed by atoms with van der Waals surface area (Å²) in [5, 5.41) is 8.95. The fourth-order valence-electron chi connectivity index (χ4n) is 1.77. The Morgan fingerprint density at radius 1 is 1.36 bits per heavy atom. The van der Waals surface area contributed by atoms with Crippen LogP contribution < -0.4 is 4.90 Å². The van der Waals surface area contributed by atoms with Crippen molar-refractivity contribution >= 4 is 11.6 Å². The third kappa shape index (κ3) is 1.51. The van der Waals surface area contributed by atoms with Crippen LogP contribution in [0.15, 0.2) is 30.3 Å². The zero-order chi connectivity index (χ0) is 9.97. The smallest absolute Gasteiger partial charge is 0.232 e. The minimum absolute atomic E-state index is 0.0395. The highest BCUT2D eigenvalue weighted by molar-refractivity contribution is 5.97. The van der Waals surface area contributed by atoms with Crippen molar-refractivity contribution in [2.24, 2.45) is 5.92 Å². The summed E-state index contributed by atoms with van der Waals surface area (Å²) in [6, 6.07) is 9.58. The number of benzene rings is 1. The van der Waals surface area contributed by atoms with Crippen LogP contribution in [0.2, 0.25) is 0 Å². The Hall–Kier alpha value is -1.35. The fourth-order valence-corrected chi connectivity index (χ4v) is 1.77. The van der Waals surface area contributed by atoms with E-state index in [2.05, 4.69) is 0 Å². The normalized spacial score (nSPS) is 21.6. The monoisotopic (exact) mass is 191 g/mol. The Balaban J connectivity index is 2.18. The van der Waals surface area contributed by atoms with Crippen LogP contribution in [-0.2, 0) is 4.79 Å². The molecule has 1 aromatic rings. The van der Waals surface area contributed by atoms with Gasteiger partial charge in [-0.05, 0) is 18.6 Å². The standard InChI is InChI=1S/C11H13NO2/c13-8-9-6-7-12(11(9)14)10-4-2-1-3-5-10/h1-5,9,13H,6-8H2. The van der Waals surface area contributed by atoms with Gasteiger partial charge in [-0.1, -0.05) is 18.2 Å². The minimum Gasteiger partial charge on any atom is -0.396 e. The van der Waals surface area contributed by atoms with Gasteiger partial charge >= 0.3 is 0 Å². The molecule has 1 heterocycles. The van der Waals surface area contributed by atoms with Crippen molar-refractivity contribution in [1.29, 1.82) is 0 Å². The molecule has 14 heavy (non-hydrogen) atoms. The quantitative estimate of drug-likeness (QED) is 0.758. The first-order chi connectivity index (χ1) is 6.83. The average Bonchev–Trinajstić information content (AvgIpc) is 2.61. The highest BCUT2D eigenvalue weighted by atomic mass is 16.3. The summed E-state index contributed by atoms with van der Waals surface area (Å²) in [7, 11) is 0. The van der Waals surface area contributed by atoms with Crippen LogP contribution >= 0.6 is 0 Å². The van der Waals surface area contributed by atoms with Crippen molar-refractivity contribution in [3.8, 4) is 0 Å². The number of hydrogen-bond donors (Lipinski definition) is 1. The van der Waals surface area contributed by atoms with Crippen LogP contribution in [-0.4, -0.2) is 24.2 Å².